The summed E-state index contributed by atoms with van der Waals surface area (Å²) in [7, 11) is 5.17. The third kappa shape index (κ3) is 4.03. The molecule has 4 rings (SSSR count). The molecule has 0 aliphatic rings. The van der Waals surface area contributed by atoms with E-state index in [0.29, 0.717) is 23.0 Å². The van der Waals surface area contributed by atoms with Crippen molar-refractivity contribution in [2.45, 2.75) is 6.92 Å². The van der Waals surface area contributed by atoms with Gasteiger partial charge in [-0.3, -0.25) is 9.63 Å². The zero-order valence-electron chi connectivity index (χ0n) is 17.7. The van der Waals surface area contributed by atoms with E-state index in [2.05, 4.69) is 20.9 Å². The highest BCUT2D eigenvalue weighted by Crippen LogP contribution is 2.29. The first-order valence-corrected chi connectivity index (χ1v) is 9.67. The maximum atomic E-state index is 12.2. The van der Waals surface area contributed by atoms with Crippen molar-refractivity contribution in [1.29, 1.82) is 0 Å². The molecule has 4 aromatic rings. The van der Waals surface area contributed by atoms with Crippen molar-refractivity contribution in [3.05, 3.63) is 65.9 Å². The molecule has 9 nitrogen and oxygen atoms in total. The molecule has 31 heavy (non-hydrogen) atoms. The molecular weight excluding hydrogens is 394 g/mol. The molecule has 2 aromatic carbocycles. The van der Waals surface area contributed by atoms with Gasteiger partial charge < -0.3 is 10.2 Å². The second-order valence-corrected chi connectivity index (χ2v) is 7.19. The van der Waals surface area contributed by atoms with Crippen LogP contribution in [-0.2, 0) is 4.84 Å². The number of para-hydroxylation sites is 1. The van der Waals surface area contributed by atoms with Crippen LogP contribution in [0.4, 0.5) is 17.5 Å². The number of benzene rings is 2. The molecule has 0 spiro atoms. The van der Waals surface area contributed by atoms with Crippen LogP contribution in [0, 0.1) is 6.92 Å². The lowest BCUT2D eigenvalue weighted by Gasteiger charge is -2.15. The van der Waals surface area contributed by atoms with E-state index < -0.39 is 0 Å². The molecule has 2 aromatic heterocycles. The lowest BCUT2D eigenvalue weighted by molar-refractivity contribution is 0.0537. The number of aryl methyl sites for hydroxylation is 1. The van der Waals surface area contributed by atoms with Gasteiger partial charge in [-0.15, -0.1) is 0 Å². The minimum atomic E-state index is -0.329. The van der Waals surface area contributed by atoms with Gasteiger partial charge in [-0.05, 0) is 36.8 Å². The van der Waals surface area contributed by atoms with E-state index in [4.69, 9.17) is 9.82 Å². The maximum absolute atomic E-state index is 12.2. The van der Waals surface area contributed by atoms with Gasteiger partial charge in [0.2, 0.25) is 5.95 Å². The fraction of sp³-hybridized carbons (Fsp3) is 0.182. The van der Waals surface area contributed by atoms with Crippen molar-refractivity contribution < 1.29 is 9.63 Å². The number of anilines is 3. The number of nitrogens with zero attached hydrogens (tertiary/aromatic N) is 5. The first-order chi connectivity index (χ1) is 15.0. The minimum absolute atomic E-state index is 0.329. The predicted octanol–water partition coefficient (Wildman–Crippen LogP) is 3.22. The summed E-state index contributed by atoms with van der Waals surface area (Å²) in [5, 5.41) is 8.66. The van der Waals surface area contributed by atoms with E-state index in [0.717, 1.165) is 22.3 Å². The Hall–Kier alpha value is -3.98. The van der Waals surface area contributed by atoms with Crippen molar-refractivity contribution in [1.82, 2.24) is 25.2 Å². The summed E-state index contributed by atoms with van der Waals surface area (Å²) in [6.45, 7) is 1.96. The van der Waals surface area contributed by atoms with Crippen molar-refractivity contribution in [3.63, 3.8) is 0 Å². The molecule has 0 radical (unpaired) electrons. The summed E-state index contributed by atoms with van der Waals surface area (Å²) in [5.41, 5.74) is 6.10. The zero-order valence-corrected chi connectivity index (χ0v) is 17.7. The molecule has 0 saturated carbocycles. The SMILES string of the molecule is CONC(=O)c1ccc(C)c(Nc2nc(N(C)C)nc3c2cnn3-c2ccccc2)c1. The summed E-state index contributed by atoms with van der Waals surface area (Å²) in [6, 6.07) is 15.2. The van der Waals surface area contributed by atoms with Crippen LogP contribution >= 0.6 is 0 Å². The summed E-state index contributed by atoms with van der Waals surface area (Å²) in [4.78, 5) is 28.1. The number of hydroxylamine groups is 1. The van der Waals surface area contributed by atoms with E-state index in [9.17, 15) is 4.79 Å². The van der Waals surface area contributed by atoms with E-state index in [-0.39, 0.29) is 5.91 Å². The number of carbonyl (C=O) groups excluding carboxylic acids is 1. The Morgan fingerprint density at radius 1 is 1.10 bits per heavy atom. The smallest absolute Gasteiger partial charge is 0.274 e. The highest BCUT2D eigenvalue weighted by molar-refractivity contribution is 5.96. The van der Waals surface area contributed by atoms with E-state index in [1.807, 2.05) is 62.3 Å². The molecule has 0 aliphatic carbocycles. The van der Waals surface area contributed by atoms with Crippen LogP contribution in [0.2, 0.25) is 0 Å². The van der Waals surface area contributed by atoms with Gasteiger partial charge in [0.1, 0.15) is 5.82 Å². The lowest BCUT2D eigenvalue weighted by Crippen LogP contribution is -2.21. The molecule has 0 aliphatic heterocycles. The van der Waals surface area contributed by atoms with Crippen LogP contribution in [-0.4, -0.2) is 46.9 Å². The van der Waals surface area contributed by atoms with Crippen molar-refractivity contribution >= 4 is 34.4 Å². The van der Waals surface area contributed by atoms with Crippen molar-refractivity contribution in [2.75, 3.05) is 31.4 Å². The monoisotopic (exact) mass is 417 g/mol. The van der Waals surface area contributed by atoms with Gasteiger partial charge in [0.25, 0.3) is 5.91 Å². The molecule has 0 saturated heterocycles. The lowest BCUT2D eigenvalue weighted by atomic mass is 10.1. The number of nitrogens with one attached hydrogen (secondary N) is 2. The van der Waals surface area contributed by atoms with Gasteiger partial charge >= 0.3 is 0 Å². The Kier molecular flexibility index (Phi) is 5.50. The van der Waals surface area contributed by atoms with Crippen LogP contribution in [0.3, 0.4) is 0 Å². The molecule has 0 bridgehead atoms. The quantitative estimate of drug-likeness (QED) is 0.465. The average molecular weight is 417 g/mol. The number of rotatable bonds is 6. The van der Waals surface area contributed by atoms with Crippen LogP contribution < -0.4 is 15.7 Å². The first-order valence-electron chi connectivity index (χ1n) is 9.67. The van der Waals surface area contributed by atoms with Crippen molar-refractivity contribution in [2.24, 2.45) is 0 Å². The van der Waals surface area contributed by atoms with Gasteiger partial charge in [-0.1, -0.05) is 24.3 Å². The molecular formula is C22H23N7O2. The number of hydrogen-bond donors (Lipinski definition) is 2. The second kappa shape index (κ2) is 8.41. The number of amides is 1. The number of aromatic nitrogens is 4. The van der Waals surface area contributed by atoms with Crippen LogP contribution in [0.15, 0.2) is 54.7 Å². The van der Waals surface area contributed by atoms with Crippen LogP contribution in [0.1, 0.15) is 15.9 Å². The zero-order chi connectivity index (χ0) is 22.0. The number of hydrogen-bond acceptors (Lipinski definition) is 7. The number of carbonyl (C=O) groups is 1. The van der Waals surface area contributed by atoms with E-state index >= 15 is 0 Å². The summed E-state index contributed by atoms with van der Waals surface area (Å²) in [5.74, 6) is 0.811. The molecule has 158 valence electrons. The third-order valence-corrected chi connectivity index (χ3v) is 4.77. The highest BCUT2D eigenvalue weighted by atomic mass is 16.6. The van der Waals surface area contributed by atoms with Crippen LogP contribution in [0.5, 0.6) is 0 Å². The van der Waals surface area contributed by atoms with Gasteiger partial charge in [-0.25, -0.2) is 10.2 Å². The fourth-order valence-electron chi connectivity index (χ4n) is 3.13. The number of fused-ring (bicyclic) bond motifs is 1. The van der Waals surface area contributed by atoms with Crippen molar-refractivity contribution in [3.8, 4) is 5.69 Å². The van der Waals surface area contributed by atoms with E-state index in [1.54, 1.807) is 23.0 Å². The third-order valence-electron chi connectivity index (χ3n) is 4.77. The molecule has 0 fully saturated rings. The second-order valence-electron chi connectivity index (χ2n) is 7.19. The topological polar surface area (TPSA) is 97.2 Å². The molecule has 2 N–H and O–H groups in total. The summed E-state index contributed by atoms with van der Waals surface area (Å²) >= 11 is 0. The Balaban J connectivity index is 1.82. The van der Waals surface area contributed by atoms with Crippen LogP contribution in [0.25, 0.3) is 16.7 Å². The highest BCUT2D eigenvalue weighted by Gasteiger charge is 2.16. The Bertz CT molecular complexity index is 1240. The predicted molar refractivity (Wildman–Crippen MR) is 120 cm³/mol. The van der Waals surface area contributed by atoms with Gasteiger partial charge in [0.05, 0.1) is 24.4 Å². The van der Waals surface area contributed by atoms with Gasteiger partial charge in [0, 0.05) is 25.3 Å². The Morgan fingerprint density at radius 2 is 1.87 bits per heavy atom. The molecule has 1 amide bonds. The fourth-order valence-corrected chi connectivity index (χ4v) is 3.13. The molecule has 0 unspecified atom stereocenters. The Morgan fingerprint density at radius 3 is 2.58 bits per heavy atom. The molecule has 2 heterocycles. The largest absolute Gasteiger partial charge is 0.347 e. The van der Waals surface area contributed by atoms with Gasteiger partial charge in [-0.2, -0.15) is 15.1 Å². The Labute approximate surface area is 179 Å². The average Bonchev–Trinajstić information content (AvgIpc) is 3.20. The normalized spacial score (nSPS) is 10.8. The standard InChI is InChI=1S/C22H23N7O2/c1-14-10-11-15(21(30)27-31-4)12-18(14)24-19-17-13-23-29(16-8-6-5-7-9-16)20(17)26-22(25-19)28(2)3/h5-13H,1-4H3,(H,27,30)(H,24,25,26). The summed E-state index contributed by atoms with van der Waals surface area (Å²) < 4.78 is 1.78. The molecule has 9 heteroatoms. The molecule has 0 atom stereocenters. The van der Waals surface area contributed by atoms with Gasteiger partial charge in [0.15, 0.2) is 5.65 Å². The first kappa shape index (κ1) is 20.3. The minimum Gasteiger partial charge on any atom is -0.347 e. The maximum Gasteiger partial charge on any atom is 0.274 e. The summed E-state index contributed by atoms with van der Waals surface area (Å²) in [6.07, 6.45) is 1.74. The van der Waals surface area contributed by atoms with E-state index in [1.165, 1.54) is 7.11 Å².